The zero-order valence-electron chi connectivity index (χ0n) is 11.2. The van der Waals surface area contributed by atoms with Crippen LogP contribution in [0.4, 0.5) is 0 Å². The van der Waals surface area contributed by atoms with Crippen LogP contribution < -0.4 is 0 Å². The van der Waals surface area contributed by atoms with E-state index in [1.54, 1.807) is 0 Å². The second-order valence-corrected chi connectivity index (χ2v) is 4.96. The summed E-state index contributed by atoms with van der Waals surface area (Å²) in [6.45, 7) is 6.96. The molecule has 0 bridgehead atoms. The smallest absolute Gasteiger partial charge is 0.307 e. The molecule has 0 saturated carbocycles. The molecule has 0 aliphatic carbocycles. The minimum atomic E-state index is -0.172. The summed E-state index contributed by atoms with van der Waals surface area (Å²) < 4.78 is 16.1. The first-order chi connectivity index (χ1) is 8.77. The molecule has 2 saturated heterocycles. The van der Waals surface area contributed by atoms with Gasteiger partial charge in [-0.15, -0.1) is 0 Å². The van der Waals surface area contributed by atoms with E-state index in [0.717, 1.165) is 45.8 Å². The number of rotatable bonds is 4. The van der Waals surface area contributed by atoms with Gasteiger partial charge in [-0.2, -0.15) is 0 Å². The molecule has 2 aliphatic heterocycles. The summed E-state index contributed by atoms with van der Waals surface area (Å²) in [6, 6.07) is 0. The predicted molar refractivity (Wildman–Crippen MR) is 66.4 cm³/mol. The molecule has 2 heterocycles. The highest BCUT2D eigenvalue weighted by molar-refractivity contribution is 5.71. The van der Waals surface area contributed by atoms with Crippen LogP contribution in [0.5, 0.6) is 0 Å². The highest BCUT2D eigenvalue weighted by atomic mass is 16.5. The van der Waals surface area contributed by atoms with E-state index in [1.165, 1.54) is 0 Å². The number of hydrogen-bond donors (Lipinski definition) is 0. The molecule has 0 aromatic rings. The Morgan fingerprint density at radius 3 is 2.67 bits per heavy atom. The first kappa shape index (κ1) is 13.8. The average Bonchev–Trinajstić information content (AvgIpc) is 2.41. The molecule has 18 heavy (non-hydrogen) atoms. The van der Waals surface area contributed by atoms with Gasteiger partial charge in [-0.05, 0) is 19.8 Å². The molecule has 1 atom stereocenters. The Kier molecular flexibility index (Phi) is 4.97. The third kappa shape index (κ3) is 3.22. The van der Waals surface area contributed by atoms with Gasteiger partial charge in [0.1, 0.15) is 0 Å². The lowest BCUT2D eigenvalue weighted by Crippen LogP contribution is -2.58. The van der Waals surface area contributed by atoms with Crippen molar-refractivity contribution < 1.29 is 19.0 Å². The fourth-order valence-electron chi connectivity index (χ4n) is 2.86. The van der Waals surface area contributed by atoms with Gasteiger partial charge in [0.05, 0.1) is 38.4 Å². The van der Waals surface area contributed by atoms with Gasteiger partial charge >= 0.3 is 5.97 Å². The molecule has 0 N–H and O–H groups in total. The maximum Gasteiger partial charge on any atom is 0.307 e. The van der Waals surface area contributed by atoms with Gasteiger partial charge in [0, 0.05) is 19.7 Å². The molecule has 5 nitrogen and oxygen atoms in total. The van der Waals surface area contributed by atoms with Gasteiger partial charge in [0.15, 0.2) is 0 Å². The maximum atomic E-state index is 11.8. The number of hydrogen-bond acceptors (Lipinski definition) is 5. The van der Waals surface area contributed by atoms with Crippen LogP contribution in [0.2, 0.25) is 0 Å². The fourth-order valence-corrected chi connectivity index (χ4v) is 2.86. The van der Waals surface area contributed by atoms with Crippen LogP contribution in [-0.4, -0.2) is 62.5 Å². The van der Waals surface area contributed by atoms with Crippen LogP contribution in [0.15, 0.2) is 0 Å². The molecule has 0 radical (unpaired) electrons. The van der Waals surface area contributed by atoms with E-state index in [1.807, 2.05) is 6.92 Å². The Bertz CT molecular complexity index is 270. The van der Waals surface area contributed by atoms with Crippen molar-refractivity contribution in [3.63, 3.8) is 0 Å². The summed E-state index contributed by atoms with van der Waals surface area (Å²) in [5, 5.41) is 0. The SMILES string of the molecule is CCOC(=O)CC1(N2CCOCC2)CCCOC1. The van der Waals surface area contributed by atoms with Crippen LogP contribution in [0, 0.1) is 0 Å². The van der Waals surface area contributed by atoms with Crippen LogP contribution in [0.1, 0.15) is 26.2 Å². The van der Waals surface area contributed by atoms with Crippen molar-refractivity contribution in [2.24, 2.45) is 0 Å². The number of morpholine rings is 1. The normalized spacial score (nSPS) is 30.1. The molecule has 2 aliphatic rings. The lowest BCUT2D eigenvalue weighted by atomic mass is 9.86. The average molecular weight is 257 g/mol. The second kappa shape index (κ2) is 6.50. The maximum absolute atomic E-state index is 11.8. The summed E-state index contributed by atoms with van der Waals surface area (Å²) in [4.78, 5) is 14.2. The Balaban J connectivity index is 2.03. The molecule has 104 valence electrons. The van der Waals surface area contributed by atoms with Crippen molar-refractivity contribution in [2.45, 2.75) is 31.7 Å². The second-order valence-electron chi connectivity index (χ2n) is 4.96. The van der Waals surface area contributed by atoms with Crippen molar-refractivity contribution in [1.29, 1.82) is 0 Å². The summed E-state index contributed by atoms with van der Waals surface area (Å²) in [5.74, 6) is -0.116. The van der Waals surface area contributed by atoms with E-state index in [9.17, 15) is 4.79 Å². The number of ether oxygens (including phenoxy) is 3. The Labute approximate surface area is 108 Å². The number of carbonyl (C=O) groups excluding carboxylic acids is 1. The van der Waals surface area contributed by atoms with Crippen molar-refractivity contribution in [1.82, 2.24) is 4.90 Å². The fraction of sp³-hybridized carbons (Fsp3) is 0.923. The number of carbonyl (C=O) groups is 1. The van der Waals surface area contributed by atoms with Gasteiger partial charge in [0.25, 0.3) is 0 Å². The van der Waals surface area contributed by atoms with E-state index < -0.39 is 0 Å². The largest absolute Gasteiger partial charge is 0.466 e. The molecule has 1 unspecified atom stereocenters. The lowest BCUT2D eigenvalue weighted by Gasteiger charge is -2.47. The van der Waals surface area contributed by atoms with Crippen molar-refractivity contribution >= 4 is 5.97 Å². The Hall–Kier alpha value is -0.650. The third-order valence-corrected chi connectivity index (χ3v) is 3.76. The van der Waals surface area contributed by atoms with E-state index in [2.05, 4.69) is 4.90 Å². The van der Waals surface area contributed by atoms with Gasteiger partial charge in [0.2, 0.25) is 0 Å². The van der Waals surface area contributed by atoms with E-state index in [0.29, 0.717) is 19.6 Å². The van der Waals surface area contributed by atoms with E-state index in [-0.39, 0.29) is 11.5 Å². The van der Waals surface area contributed by atoms with Gasteiger partial charge < -0.3 is 14.2 Å². The monoisotopic (exact) mass is 257 g/mol. The molecule has 0 spiro atoms. The highest BCUT2D eigenvalue weighted by Crippen LogP contribution is 2.31. The number of nitrogens with zero attached hydrogens (tertiary/aromatic N) is 1. The molecular formula is C13H23NO4. The summed E-state index contributed by atoms with van der Waals surface area (Å²) >= 11 is 0. The lowest BCUT2D eigenvalue weighted by molar-refractivity contribution is -0.153. The Morgan fingerprint density at radius 2 is 2.06 bits per heavy atom. The quantitative estimate of drug-likeness (QED) is 0.698. The van der Waals surface area contributed by atoms with Crippen LogP contribution in [0.3, 0.4) is 0 Å². The van der Waals surface area contributed by atoms with E-state index >= 15 is 0 Å². The summed E-state index contributed by atoms with van der Waals surface area (Å²) in [7, 11) is 0. The predicted octanol–water partition coefficient (Wildman–Crippen LogP) is 0.821. The summed E-state index contributed by atoms with van der Waals surface area (Å²) in [6.07, 6.45) is 2.45. The minimum absolute atomic E-state index is 0.116. The highest BCUT2D eigenvalue weighted by Gasteiger charge is 2.41. The molecule has 2 rings (SSSR count). The molecule has 0 aromatic heterocycles. The van der Waals surface area contributed by atoms with Crippen molar-refractivity contribution in [3.8, 4) is 0 Å². The first-order valence-electron chi connectivity index (χ1n) is 6.83. The first-order valence-corrected chi connectivity index (χ1v) is 6.83. The minimum Gasteiger partial charge on any atom is -0.466 e. The van der Waals surface area contributed by atoms with Crippen LogP contribution >= 0.6 is 0 Å². The van der Waals surface area contributed by atoms with Gasteiger partial charge in [-0.25, -0.2) is 0 Å². The molecule has 0 amide bonds. The number of esters is 1. The van der Waals surface area contributed by atoms with Crippen LogP contribution in [0.25, 0.3) is 0 Å². The standard InChI is InChI=1S/C13H23NO4/c1-2-18-12(15)10-13(4-3-7-17-11-13)14-5-8-16-9-6-14/h2-11H2,1H3. The van der Waals surface area contributed by atoms with Crippen molar-refractivity contribution in [3.05, 3.63) is 0 Å². The van der Waals surface area contributed by atoms with Gasteiger partial charge in [-0.1, -0.05) is 0 Å². The van der Waals surface area contributed by atoms with Gasteiger partial charge in [-0.3, -0.25) is 9.69 Å². The third-order valence-electron chi connectivity index (χ3n) is 3.76. The molecular weight excluding hydrogens is 234 g/mol. The topological polar surface area (TPSA) is 48.0 Å². The van der Waals surface area contributed by atoms with Crippen molar-refractivity contribution in [2.75, 3.05) is 46.1 Å². The zero-order chi connectivity index (χ0) is 12.8. The van der Waals surface area contributed by atoms with Crippen LogP contribution in [-0.2, 0) is 19.0 Å². The molecule has 0 aromatic carbocycles. The molecule has 5 heteroatoms. The summed E-state index contributed by atoms with van der Waals surface area (Å²) in [5.41, 5.74) is -0.172. The molecule has 2 fully saturated rings. The Morgan fingerprint density at radius 1 is 1.28 bits per heavy atom. The zero-order valence-corrected chi connectivity index (χ0v) is 11.2. The van der Waals surface area contributed by atoms with E-state index in [4.69, 9.17) is 14.2 Å².